The number of benzene rings is 22. The van der Waals surface area contributed by atoms with Gasteiger partial charge in [0, 0.05) is 43.8 Å². The monoisotopic (exact) mass is 1810 g/mol. The van der Waals surface area contributed by atoms with Crippen molar-refractivity contribution in [1.82, 2.24) is 19.9 Å². The molecule has 28 rings (SSSR count). The summed E-state index contributed by atoms with van der Waals surface area (Å²) in [6, 6.07) is 169. The van der Waals surface area contributed by atoms with Crippen molar-refractivity contribution in [2.75, 3.05) is 0 Å². The van der Waals surface area contributed by atoms with Crippen LogP contribution in [0, 0.1) is 6.92 Å². The summed E-state index contributed by atoms with van der Waals surface area (Å²) in [5.74, 6) is 0. The molecule has 0 atom stereocenters. The van der Waals surface area contributed by atoms with Crippen molar-refractivity contribution in [2.24, 2.45) is 0 Å². The maximum atomic E-state index is 5.40. The summed E-state index contributed by atoms with van der Waals surface area (Å²) in [6.45, 7) is 16.2. The van der Waals surface area contributed by atoms with Crippen LogP contribution in [-0.4, -0.2) is 19.9 Å². The number of nitrogens with zero attached hydrogens (tertiary/aromatic N) is 4. The van der Waals surface area contributed by atoms with Gasteiger partial charge in [-0.15, -0.1) is 0 Å². The number of para-hydroxylation sites is 3. The first kappa shape index (κ1) is 85.0. The Kier molecular flexibility index (Phi) is 20.2. The molecule has 25 aromatic rings. The molecule has 0 radical (unpaired) electrons. The van der Waals surface area contributed by atoms with Crippen LogP contribution in [0.15, 0.2) is 467 Å². The molecule has 0 unspecified atom stereocenters. The van der Waals surface area contributed by atoms with Crippen molar-refractivity contribution in [1.29, 1.82) is 0 Å². The first-order valence-corrected chi connectivity index (χ1v) is 49.5. The van der Waals surface area contributed by atoms with Crippen molar-refractivity contribution in [3.8, 4) is 145 Å². The quantitative estimate of drug-likeness (QED) is 0.128. The van der Waals surface area contributed by atoms with Crippen molar-refractivity contribution >= 4 is 97.5 Å². The number of rotatable bonds is 10. The molecule has 3 aliphatic carbocycles. The predicted octanol–water partition coefficient (Wildman–Crippen LogP) is 36.9. The van der Waals surface area contributed by atoms with Crippen LogP contribution in [0.3, 0.4) is 0 Å². The average Bonchev–Trinajstić information content (AvgIpc) is 1.13. The van der Waals surface area contributed by atoms with E-state index >= 15 is 0 Å². The minimum atomic E-state index is -0.0917. The zero-order valence-corrected chi connectivity index (χ0v) is 80.2. The first-order chi connectivity index (χ1) is 69.6. The van der Waals surface area contributed by atoms with E-state index in [1.54, 1.807) is 0 Å². The van der Waals surface area contributed by atoms with E-state index in [2.05, 4.69) is 485 Å². The molecule has 0 bridgehead atoms. The molecule has 0 N–H and O–H groups in total. The number of hydrogen-bond donors (Lipinski definition) is 0. The van der Waals surface area contributed by atoms with Crippen molar-refractivity contribution in [3.63, 3.8) is 0 Å². The molecule has 670 valence electrons. The zero-order chi connectivity index (χ0) is 95.2. The van der Waals surface area contributed by atoms with Crippen molar-refractivity contribution in [3.05, 3.63) is 506 Å². The third-order valence-electron chi connectivity index (χ3n) is 30.9. The highest BCUT2D eigenvalue weighted by Crippen LogP contribution is 2.57. The Bertz CT molecular complexity index is 9500. The van der Waals surface area contributed by atoms with Gasteiger partial charge in [-0.05, 0) is 306 Å². The summed E-state index contributed by atoms with van der Waals surface area (Å²) in [5, 5.41) is 17.0. The Morgan fingerprint density at radius 1 is 0.162 bits per heavy atom. The SMILES string of the molecule is CC1(C)c2ccccc2-c2ccc(-c3c4ccccc4c(-c4cc(-c5ccccc5)c5ccccc5n4)c4ccc(-c5ccccc5)cc34)cc21.CC1(C)c2ccccc2-c2ccc(-c3c4ccccc4c(-c4cnc5ccccc5n4)c4ccc(-c5ccccc5)cc34)cc21.Cc1ccc2cc(-c3c4ccccc4c(-c4ccc5c(c4)C(C)(C)c4ccccc4-5)c4cc(-c5ccccc5)ccc34)ccc2n1. The fourth-order valence-electron chi connectivity index (χ4n) is 24.0. The summed E-state index contributed by atoms with van der Waals surface area (Å²) in [7, 11) is 0. The number of aromatic nitrogens is 4. The molecule has 3 aromatic heterocycles. The zero-order valence-electron chi connectivity index (χ0n) is 80.2. The number of pyridine rings is 2. The fourth-order valence-corrected chi connectivity index (χ4v) is 24.0. The molecule has 0 saturated heterocycles. The molecule has 0 spiro atoms. The van der Waals surface area contributed by atoms with Crippen LogP contribution in [-0.2, 0) is 16.2 Å². The van der Waals surface area contributed by atoms with E-state index in [-0.39, 0.29) is 16.2 Å². The van der Waals surface area contributed by atoms with Crippen LogP contribution in [0.5, 0.6) is 0 Å². The maximum absolute atomic E-state index is 5.40. The van der Waals surface area contributed by atoms with Crippen LogP contribution in [0.4, 0.5) is 0 Å². The highest BCUT2D eigenvalue weighted by atomic mass is 14.8. The Labute approximate surface area is 827 Å². The Morgan fingerprint density at radius 3 is 0.894 bits per heavy atom. The van der Waals surface area contributed by atoms with Gasteiger partial charge in [0.15, 0.2) is 0 Å². The normalized spacial score (nSPS) is 13.2. The van der Waals surface area contributed by atoms with E-state index in [4.69, 9.17) is 19.9 Å². The lowest BCUT2D eigenvalue weighted by Crippen LogP contribution is -2.14. The average molecular weight is 1810 g/mol. The second kappa shape index (κ2) is 33.7. The number of hydrogen-bond acceptors (Lipinski definition) is 4. The van der Waals surface area contributed by atoms with Crippen LogP contribution in [0.1, 0.15) is 80.6 Å². The summed E-state index contributed by atoms with van der Waals surface area (Å²) in [5.41, 5.74) is 44.9. The molecule has 4 heteroatoms. The fraction of sp³-hybridized carbons (Fsp3) is 0.0725. The van der Waals surface area contributed by atoms with Crippen molar-refractivity contribution < 1.29 is 0 Å². The highest BCUT2D eigenvalue weighted by molar-refractivity contribution is 6.26. The largest absolute Gasteiger partial charge is 0.253 e. The molecule has 142 heavy (non-hydrogen) atoms. The molecule has 22 aromatic carbocycles. The van der Waals surface area contributed by atoms with Crippen LogP contribution < -0.4 is 0 Å². The second-order valence-corrected chi connectivity index (χ2v) is 40.1. The van der Waals surface area contributed by atoms with Gasteiger partial charge in [-0.25, -0.2) is 9.97 Å². The second-order valence-electron chi connectivity index (χ2n) is 40.1. The van der Waals surface area contributed by atoms with E-state index < -0.39 is 0 Å². The topological polar surface area (TPSA) is 51.6 Å². The van der Waals surface area contributed by atoms with E-state index in [1.807, 2.05) is 30.5 Å². The van der Waals surface area contributed by atoms with E-state index in [0.717, 1.165) is 55.5 Å². The standard InChI is InChI=1S/C50H35N.C45H33N.C43H30N2/c1-50(2)44-23-13-11-19-36(44)37-27-26-35(30-45(37)50)48-39-21-9-10-22-40(39)49(41-28-25-34(29-43(41)48)32-15-5-3-6-16-32)47-31-42(33-17-7-4-8-18-33)38-20-12-14-24-46(38)51-47;1-28-17-18-31-25-32(21-24-42(31)46-28)43-36-14-7-8-15-37(36)44(39-26-30(19-23-38(39)43)29-11-5-4-6-12-29)33-20-22-35-34-13-9-10-16-40(34)45(2,3)41(35)27-33;1-43(2)36-17-9-8-14-30(36)31-22-21-29(25-37(31)43)41-32-15-6-7-16-33(32)42(40-26-44-38-18-10-11-19-39(38)45-40)34-23-20-28(24-35(34)41)27-12-4-3-5-13-27/h3-31H,1-2H3;4-27H,1-3H3;3-26H,1-2H3. The molecule has 3 heterocycles. The minimum Gasteiger partial charge on any atom is -0.253 e. The lowest BCUT2D eigenvalue weighted by Gasteiger charge is -2.23. The summed E-state index contributed by atoms with van der Waals surface area (Å²) in [6.07, 6.45) is 1.93. The highest BCUT2D eigenvalue weighted by Gasteiger charge is 2.40. The van der Waals surface area contributed by atoms with Crippen LogP contribution in [0.2, 0.25) is 0 Å². The van der Waals surface area contributed by atoms with Gasteiger partial charge in [-0.1, -0.05) is 424 Å². The number of aryl methyl sites for hydroxylation is 1. The van der Waals surface area contributed by atoms with Gasteiger partial charge >= 0.3 is 0 Å². The lowest BCUT2D eigenvalue weighted by molar-refractivity contribution is 0.660. The summed E-state index contributed by atoms with van der Waals surface area (Å²) < 4.78 is 0. The van der Waals surface area contributed by atoms with E-state index in [9.17, 15) is 0 Å². The van der Waals surface area contributed by atoms with Gasteiger partial charge in [-0.3, -0.25) is 9.97 Å². The molecule has 0 fully saturated rings. The van der Waals surface area contributed by atoms with Gasteiger partial charge in [0.2, 0.25) is 0 Å². The summed E-state index contributed by atoms with van der Waals surface area (Å²) in [4.78, 5) is 20.2. The molecular weight excluding hydrogens is 1710 g/mol. The van der Waals surface area contributed by atoms with Crippen molar-refractivity contribution in [2.45, 2.75) is 64.7 Å². The van der Waals surface area contributed by atoms with Crippen LogP contribution >= 0.6 is 0 Å². The third kappa shape index (κ3) is 14.0. The van der Waals surface area contributed by atoms with Gasteiger partial charge in [0.25, 0.3) is 0 Å². The Hall–Kier alpha value is -17.4. The lowest BCUT2D eigenvalue weighted by atomic mass is 9.80. The van der Waals surface area contributed by atoms with E-state index in [0.29, 0.717) is 0 Å². The summed E-state index contributed by atoms with van der Waals surface area (Å²) >= 11 is 0. The van der Waals surface area contributed by atoms with Gasteiger partial charge in [-0.2, -0.15) is 0 Å². The van der Waals surface area contributed by atoms with E-state index in [1.165, 1.54) is 226 Å². The Balaban J connectivity index is 0.000000109. The maximum Gasteiger partial charge on any atom is 0.0905 e. The van der Waals surface area contributed by atoms with Crippen LogP contribution in [0.25, 0.3) is 242 Å². The molecule has 0 amide bonds. The van der Waals surface area contributed by atoms with Gasteiger partial charge in [0.1, 0.15) is 0 Å². The minimum absolute atomic E-state index is 0.0693. The molecule has 4 nitrogen and oxygen atoms in total. The Morgan fingerprint density at radius 2 is 0.465 bits per heavy atom. The molecule has 3 aliphatic rings. The van der Waals surface area contributed by atoms with Gasteiger partial charge < -0.3 is 0 Å². The predicted molar refractivity (Wildman–Crippen MR) is 600 cm³/mol. The molecule has 0 aliphatic heterocycles. The molecule has 0 saturated carbocycles. The smallest absolute Gasteiger partial charge is 0.0905 e. The van der Waals surface area contributed by atoms with Gasteiger partial charge in [0.05, 0.1) is 39.7 Å². The first-order valence-electron chi connectivity index (χ1n) is 49.5. The third-order valence-corrected chi connectivity index (χ3v) is 30.9. The molecular formula is C138H98N4. The number of fused-ring (bicyclic) bond motifs is 18.